The Bertz CT molecular complexity index is 2950. The molecule has 2 heterocycles. The molecule has 0 N–H and O–H groups in total. The van der Waals surface area contributed by atoms with Gasteiger partial charge < -0.3 is 19.3 Å². The quantitative estimate of drug-likeness (QED) is 0.101. The Morgan fingerprint density at radius 1 is 0.388 bits per heavy atom. The molecule has 0 radical (unpaired) electrons. The SMILES string of the molecule is Cc1cc(-c2nc3ccccc3n2C(C)C)c([O-])c(C(c2ccccc2)c2ccccc2)c1.Cc1cc(-c2nc3ccccc3n2C(C)C)c([O-])c(C(c2ccccc2)c2ccccc2)c1.[Zn+2]. The summed E-state index contributed by atoms with van der Waals surface area (Å²) >= 11 is 0. The third-order valence-electron chi connectivity index (χ3n) is 12.4. The van der Waals surface area contributed by atoms with Gasteiger partial charge in [0, 0.05) is 35.0 Å². The predicted octanol–water partition coefficient (Wildman–Crippen LogP) is 13.7. The van der Waals surface area contributed by atoms with Gasteiger partial charge in [-0.3, -0.25) is 0 Å². The normalized spacial score (nSPS) is 11.4. The van der Waals surface area contributed by atoms with Crippen LogP contribution >= 0.6 is 0 Å². The maximum atomic E-state index is 14.1. The van der Waals surface area contributed by atoms with Gasteiger partial charge in [0.1, 0.15) is 11.6 Å². The Kier molecular flexibility index (Phi) is 14.0. The summed E-state index contributed by atoms with van der Waals surface area (Å²) in [5.41, 5.74) is 13.3. The summed E-state index contributed by atoms with van der Waals surface area (Å²) < 4.78 is 4.35. The number of aryl methyl sites for hydroxylation is 2. The fraction of sp³-hybridized carbons (Fsp3) is 0.167. The number of benzene rings is 8. The molecule has 0 saturated heterocycles. The summed E-state index contributed by atoms with van der Waals surface area (Å²) in [4.78, 5) is 9.83. The molecule has 0 aliphatic heterocycles. The molecule has 0 unspecified atom stereocenters. The molecule has 10 rings (SSSR count). The standard InChI is InChI=1S/2C30H28N2O.Zn/c2*1-20(2)32-27-17-11-10-16-26(27)31-30(32)25-19-21(3)18-24(29(25)33)28(22-12-6-4-7-13-22)23-14-8-5-9-15-23;/h2*4-20,28,33H,1-3H3;/q;;+2/p-2. The van der Waals surface area contributed by atoms with Crippen LogP contribution < -0.4 is 10.2 Å². The molecule has 6 nitrogen and oxygen atoms in total. The second-order valence-corrected chi connectivity index (χ2v) is 17.7. The molecule has 0 spiro atoms. The minimum absolute atomic E-state index is 0. The molecule has 0 aliphatic rings. The van der Waals surface area contributed by atoms with Crippen LogP contribution in [0, 0.1) is 13.8 Å². The Hall–Kier alpha value is -7.08. The van der Waals surface area contributed by atoms with E-state index in [4.69, 9.17) is 9.97 Å². The third kappa shape index (κ3) is 9.35. The van der Waals surface area contributed by atoms with Crippen molar-refractivity contribution in [2.45, 2.75) is 65.5 Å². The van der Waals surface area contributed by atoms with Crippen LogP contribution in [-0.2, 0) is 19.5 Å². The van der Waals surface area contributed by atoms with Gasteiger partial charge in [0.25, 0.3) is 0 Å². The number of nitrogens with zero attached hydrogens (tertiary/aromatic N) is 4. The van der Waals surface area contributed by atoms with Crippen LogP contribution in [0.2, 0.25) is 0 Å². The predicted molar refractivity (Wildman–Crippen MR) is 267 cm³/mol. The molecule has 0 amide bonds. The number of para-hydroxylation sites is 4. The van der Waals surface area contributed by atoms with Gasteiger partial charge in [-0.15, -0.1) is 0 Å². The van der Waals surface area contributed by atoms with E-state index < -0.39 is 0 Å². The Balaban J connectivity index is 0.000000179. The van der Waals surface area contributed by atoms with Gasteiger partial charge >= 0.3 is 19.5 Å². The molecule has 0 atom stereocenters. The van der Waals surface area contributed by atoms with Crippen molar-refractivity contribution in [2.24, 2.45) is 0 Å². The second-order valence-electron chi connectivity index (χ2n) is 17.7. The average molecular weight is 929 g/mol. The molecule has 7 heteroatoms. The first-order chi connectivity index (χ1) is 32.1. The van der Waals surface area contributed by atoms with Crippen molar-refractivity contribution in [2.75, 3.05) is 0 Å². The van der Waals surface area contributed by atoms with E-state index >= 15 is 0 Å². The van der Waals surface area contributed by atoms with Crippen molar-refractivity contribution >= 4 is 22.1 Å². The van der Waals surface area contributed by atoms with Crippen molar-refractivity contribution < 1.29 is 29.7 Å². The second kappa shape index (κ2) is 20.2. The van der Waals surface area contributed by atoms with Crippen molar-refractivity contribution in [3.8, 4) is 34.3 Å². The topological polar surface area (TPSA) is 81.8 Å². The largest absolute Gasteiger partial charge is 2.00 e. The zero-order chi connectivity index (χ0) is 45.9. The number of hydrogen-bond donors (Lipinski definition) is 0. The molecule has 10 aromatic rings. The average Bonchev–Trinajstić information content (AvgIpc) is 3.93. The van der Waals surface area contributed by atoms with E-state index in [1.54, 1.807) is 0 Å². The summed E-state index contributed by atoms with van der Waals surface area (Å²) in [6, 6.07) is 65.7. The van der Waals surface area contributed by atoms with Crippen LogP contribution in [0.5, 0.6) is 11.5 Å². The van der Waals surface area contributed by atoms with E-state index in [0.717, 1.165) is 78.2 Å². The monoisotopic (exact) mass is 926 g/mol. The molecule has 2 aromatic heterocycles. The first-order valence-electron chi connectivity index (χ1n) is 22.9. The number of aromatic nitrogens is 4. The number of imidazole rings is 2. The zero-order valence-corrected chi connectivity index (χ0v) is 42.1. The smallest absolute Gasteiger partial charge is 0.872 e. The molecule has 67 heavy (non-hydrogen) atoms. The fourth-order valence-electron chi connectivity index (χ4n) is 9.56. The first-order valence-corrected chi connectivity index (χ1v) is 22.9. The van der Waals surface area contributed by atoms with E-state index in [2.05, 4.69) is 111 Å². The number of fused-ring (bicyclic) bond motifs is 2. The summed E-state index contributed by atoms with van der Waals surface area (Å²) in [5.74, 6) is 1.26. The molecule has 0 aliphatic carbocycles. The van der Waals surface area contributed by atoms with Crippen molar-refractivity contribution in [1.82, 2.24) is 19.1 Å². The summed E-state index contributed by atoms with van der Waals surface area (Å²) in [7, 11) is 0. The van der Waals surface area contributed by atoms with E-state index in [1.807, 2.05) is 133 Å². The molecule has 8 aromatic carbocycles. The first kappa shape index (κ1) is 46.5. The summed E-state index contributed by atoms with van der Waals surface area (Å²) in [6.07, 6.45) is 0. The molecule has 0 bridgehead atoms. The molecular weight excluding hydrogens is 874 g/mol. The van der Waals surface area contributed by atoms with Gasteiger partial charge in [0.15, 0.2) is 0 Å². The van der Waals surface area contributed by atoms with Crippen LogP contribution in [0.1, 0.15) is 96.1 Å². The fourth-order valence-corrected chi connectivity index (χ4v) is 9.56. The van der Waals surface area contributed by atoms with Gasteiger partial charge in [-0.2, -0.15) is 0 Å². The number of rotatable bonds is 10. The molecule has 0 fully saturated rings. The van der Waals surface area contributed by atoms with E-state index in [1.165, 1.54) is 0 Å². The van der Waals surface area contributed by atoms with Gasteiger partial charge in [-0.1, -0.05) is 180 Å². The number of hydrogen-bond acceptors (Lipinski definition) is 4. The van der Waals surface area contributed by atoms with Gasteiger partial charge in [0.05, 0.1) is 22.1 Å². The van der Waals surface area contributed by atoms with E-state index in [9.17, 15) is 10.2 Å². The third-order valence-corrected chi connectivity index (χ3v) is 12.4. The maximum absolute atomic E-state index is 14.1. The van der Waals surface area contributed by atoms with Crippen LogP contribution in [0.15, 0.2) is 194 Å². The molecule has 328 valence electrons. The van der Waals surface area contributed by atoms with Crippen LogP contribution in [-0.4, -0.2) is 19.1 Å². The summed E-state index contributed by atoms with van der Waals surface area (Å²) in [6.45, 7) is 12.7. The van der Waals surface area contributed by atoms with Gasteiger partial charge in [-0.25, -0.2) is 9.97 Å². The van der Waals surface area contributed by atoms with Gasteiger partial charge in [-0.05, 0) is 111 Å². The van der Waals surface area contributed by atoms with E-state index in [-0.39, 0.29) is 54.9 Å². The van der Waals surface area contributed by atoms with E-state index in [0.29, 0.717) is 11.1 Å². The maximum Gasteiger partial charge on any atom is 2.00 e. The van der Waals surface area contributed by atoms with Crippen molar-refractivity contribution in [1.29, 1.82) is 0 Å². The minimum atomic E-state index is -0.143. The minimum Gasteiger partial charge on any atom is -0.872 e. The van der Waals surface area contributed by atoms with Crippen LogP contribution in [0.3, 0.4) is 0 Å². The van der Waals surface area contributed by atoms with Crippen molar-refractivity contribution in [3.63, 3.8) is 0 Å². The van der Waals surface area contributed by atoms with Crippen LogP contribution in [0.4, 0.5) is 0 Å². The van der Waals surface area contributed by atoms with Crippen molar-refractivity contribution in [3.05, 3.63) is 239 Å². The molecular formula is C60H54N4O2Zn. The summed E-state index contributed by atoms with van der Waals surface area (Å²) in [5, 5.41) is 28.2. The van der Waals surface area contributed by atoms with Gasteiger partial charge in [0.2, 0.25) is 0 Å². The zero-order valence-electron chi connectivity index (χ0n) is 39.1. The Morgan fingerprint density at radius 3 is 0.970 bits per heavy atom. The molecule has 0 saturated carbocycles. The Morgan fingerprint density at radius 2 is 0.672 bits per heavy atom. The Labute approximate surface area is 407 Å². The van der Waals surface area contributed by atoms with Crippen LogP contribution in [0.25, 0.3) is 44.8 Å².